The van der Waals surface area contributed by atoms with E-state index in [1.807, 2.05) is 6.92 Å². The van der Waals surface area contributed by atoms with Crippen molar-refractivity contribution in [2.24, 2.45) is 5.92 Å². The summed E-state index contributed by atoms with van der Waals surface area (Å²) in [4.78, 5) is 42.1. The molecule has 0 aliphatic heterocycles. The van der Waals surface area contributed by atoms with Gasteiger partial charge in [-0.25, -0.2) is 29.0 Å². The molecule has 16 nitrogen and oxygen atoms in total. The molecule has 0 saturated carbocycles. The van der Waals surface area contributed by atoms with Gasteiger partial charge in [0.2, 0.25) is 0 Å². The normalized spacial score (nSPS) is 8.91. The minimum absolute atomic E-state index is 0.469. The van der Waals surface area contributed by atoms with E-state index >= 15 is 0 Å². The van der Waals surface area contributed by atoms with E-state index < -0.39 is 24.6 Å². The van der Waals surface area contributed by atoms with Gasteiger partial charge in [-0.15, -0.1) is 0 Å². The zero-order valence-corrected chi connectivity index (χ0v) is 18.2. The van der Waals surface area contributed by atoms with Crippen molar-refractivity contribution in [2.45, 2.75) is 59.3 Å². The molecule has 32 heavy (non-hydrogen) atoms. The third-order valence-electron chi connectivity index (χ3n) is 2.44. The second-order valence-corrected chi connectivity index (χ2v) is 5.03. The predicted octanol–water partition coefficient (Wildman–Crippen LogP) is 4.86. The van der Waals surface area contributed by atoms with E-state index in [4.69, 9.17) is 70.5 Å². The first kappa shape index (κ1) is 42.9. The lowest BCUT2D eigenvalue weighted by molar-refractivity contribution is -0.251. The maximum atomic E-state index is 8.56. The zero-order valence-electron chi connectivity index (χ0n) is 18.2. The summed E-state index contributed by atoms with van der Waals surface area (Å²) in [7, 11) is 0. The maximum absolute atomic E-state index is 8.56. The molecule has 0 spiro atoms. The van der Waals surface area contributed by atoms with Crippen molar-refractivity contribution in [3.8, 4) is 0 Å². The molecule has 0 aliphatic rings. The largest absolute Gasteiger partial charge is 0.503 e. The van der Waals surface area contributed by atoms with Gasteiger partial charge in [0.15, 0.2) is 0 Å². The van der Waals surface area contributed by atoms with Gasteiger partial charge in [-0.1, -0.05) is 46.5 Å². The highest BCUT2D eigenvalue weighted by molar-refractivity contribution is 5.54. The summed E-state index contributed by atoms with van der Waals surface area (Å²) >= 11 is 0. The minimum Gasteiger partial charge on any atom is -0.450 e. The van der Waals surface area contributed by atoms with E-state index in [0.717, 1.165) is 19.3 Å². The molecule has 1 atom stereocenters. The Hall–Kier alpha value is -3.08. The zero-order chi connectivity index (χ0) is 27.0. The van der Waals surface area contributed by atoms with Crippen LogP contribution in [0.15, 0.2) is 0 Å². The van der Waals surface area contributed by atoms with Gasteiger partial charge in [0, 0.05) is 0 Å². The highest BCUT2D eigenvalue weighted by atomic mass is 17.1. The van der Waals surface area contributed by atoms with Crippen LogP contribution in [0.2, 0.25) is 0 Å². The number of unbranched alkanes of at least 4 members (excludes halogenated alkanes) is 2. The quantitative estimate of drug-likeness (QED) is 0.119. The summed E-state index contributed by atoms with van der Waals surface area (Å²) in [5.41, 5.74) is 0. The van der Waals surface area contributed by atoms with Gasteiger partial charge in [-0.05, 0) is 18.8 Å². The van der Waals surface area contributed by atoms with Crippen LogP contribution in [-0.4, -0.2) is 89.2 Å². The number of rotatable bonds is 9. The predicted molar refractivity (Wildman–Crippen MR) is 108 cm³/mol. The Bertz CT molecular complexity index is 333. The highest BCUT2D eigenvalue weighted by Gasteiger charge is 2.04. The molecule has 196 valence electrons. The summed E-state index contributed by atoms with van der Waals surface area (Å²) in [6.45, 7) is 7.30. The lowest BCUT2D eigenvalue weighted by atomic mass is 10.0. The van der Waals surface area contributed by atoms with E-state index in [9.17, 15) is 0 Å². The van der Waals surface area contributed by atoms with E-state index in [1.54, 1.807) is 0 Å². The van der Waals surface area contributed by atoms with Crippen LogP contribution in [-0.2, 0) is 9.78 Å². The van der Waals surface area contributed by atoms with Gasteiger partial charge in [0.1, 0.15) is 0 Å². The molecule has 0 aromatic heterocycles. The molecule has 0 aliphatic carbocycles. The van der Waals surface area contributed by atoms with Crippen LogP contribution in [0, 0.1) is 5.92 Å². The van der Waals surface area contributed by atoms with Gasteiger partial charge in [-0.2, -0.15) is 0 Å². The molecular weight excluding hydrogens is 448 g/mol. The average Bonchev–Trinajstić information content (AvgIpc) is 2.62. The van der Waals surface area contributed by atoms with Crippen LogP contribution in [0.3, 0.4) is 0 Å². The summed E-state index contributed by atoms with van der Waals surface area (Å²) in [5, 5.41) is 71.6. The lowest BCUT2D eigenvalue weighted by Crippen LogP contribution is -2.06. The topological polar surface area (TPSA) is 289 Å². The van der Waals surface area contributed by atoms with Gasteiger partial charge < -0.3 is 40.9 Å². The fourth-order valence-corrected chi connectivity index (χ4v) is 1.21. The van der Waals surface area contributed by atoms with Crippen molar-refractivity contribution < 1.29 is 80.3 Å². The van der Waals surface area contributed by atoms with Gasteiger partial charge >= 0.3 is 24.6 Å². The van der Waals surface area contributed by atoms with Crippen molar-refractivity contribution in [2.75, 3.05) is 13.2 Å². The Balaban J connectivity index is -0.0000000669. The van der Waals surface area contributed by atoms with Crippen molar-refractivity contribution >= 4 is 24.6 Å². The molecule has 0 bridgehead atoms. The summed E-state index contributed by atoms with van der Waals surface area (Å²) in [5.74, 6) is 0.546. The molecule has 0 radical (unpaired) electrons. The number of hydrogen-bond donors (Lipinski definition) is 10. The average molecular weight is 484 g/mol. The number of hydrogen-bond acceptors (Lipinski definition) is 8. The standard InChI is InChI=1S/C8H18O2.C4H10O2.4CH2O3/c1-3-5-6-8(4-2)7-10-9;1-2-3-4-6-5;4*2-1(3)4/h8-9H,3-7H2,1-2H3;5H,2-4H2,1H3;4*(H2,2,3,4). The highest BCUT2D eigenvalue weighted by Crippen LogP contribution is 2.11. The molecule has 0 rings (SSSR count). The molecule has 0 heterocycles. The number of carboxylic acid groups (broad SMARTS) is 8. The van der Waals surface area contributed by atoms with Crippen LogP contribution < -0.4 is 0 Å². The SMILES string of the molecule is CCCCC(CC)COO.CCCCOO.O=C(O)O.O=C(O)O.O=C(O)O.O=C(O)O. The van der Waals surface area contributed by atoms with E-state index in [-0.39, 0.29) is 0 Å². The Morgan fingerprint density at radius 1 is 0.625 bits per heavy atom. The molecule has 0 aromatic carbocycles. The van der Waals surface area contributed by atoms with Crippen LogP contribution in [0.25, 0.3) is 0 Å². The molecule has 0 saturated heterocycles. The molecule has 1 unspecified atom stereocenters. The second kappa shape index (κ2) is 42.1. The van der Waals surface area contributed by atoms with Crippen LogP contribution >= 0.6 is 0 Å². The molecular formula is C16H36O16. The van der Waals surface area contributed by atoms with Gasteiger partial charge in [0.25, 0.3) is 0 Å². The third kappa shape index (κ3) is 227. The Kier molecular flexibility index (Phi) is 56.5. The molecule has 16 heteroatoms. The van der Waals surface area contributed by atoms with Gasteiger partial charge in [-0.3, -0.25) is 10.5 Å². The first-order chi connectivity index (χ1) is 14.7. The fraction of sp³-hybridized carbons (Fsp3) is 0.750. The Labute approximate surface area is 184 Å². The van der Waals surface area contributed by atoms with Crippen molar-refractivity contribution in [3.63, 3.8) is 0 Å². The molecule has 0 fully saturated rings. The fourth-order valence-electron chi connectivity index (χ4n) is 1.21. The first-order valence-electron chi connectivity index (χ1n) is 8.89. The van der Waals surface area contributed by atoms with Crippen molar-refractivity contribution in [3.05, 3.63) is 0 Å². The molecule has 0 aromatic rings. The second-order valence-electron chi connectivity index (χ2n) is 5.03. The van der Waals surface area contributed by atoms with Crippen LogP contribution in [0.5, 0.6) is 0 Å². The molecule has 0 amide bonds. The molecule has 10 N–H and O–H groups in total. The first-order valence-corrected chi connectivity index (χ1v) is 8.89. The summed E-state index contributed by atoms with van der Waals surface area (Å²) in [6.07, 6.45) is -0.588. The summed E-state index contributed by atoms with van der Waals surface area (Å²) in [6, 6.07) is 0. The number of carbonyl (C=O) groups is 4. The Morgan fingerprint density at radius 2 is 0.938 bits per heavy atom. The Morgan fingerprint density at radius 3 is 1.09 bits per heavy atom. The summed E-state index contributed by atoms with van der Waals surface area (Å²) < 4.78 is 0. The third-order valence-corrected chi connectivity index (χ3v) is 2.44. The van der Waals surface area contributed by atoms with E-state index in [1.165, 1.54) is 19.3 Å². The van der Waals surface area contributed by atoms with Gasteiger partial charge in [0.05, 0.1) is 13.2 Å². The lowest BCUT2D eigenvalue weighted by Gasteiger charge is -2.10. The van der Waals surface area contributed by atoms with E-state index in [0.29, 0.717) is 19.1 Å². The maximum Gasteiger partial charge on any atom is 0.503 e. The minimum atomic E-state index is -1.83. The smallest absolute Gasteiger partial charge is 0.450 e. The van der Waals surface area contributed by atoms with E-state index in [2.05, 4.69) is 23.6 Å². The van der Waals surface area contributed by atoms with Crippen LogP contribution in [0.1, 0.15) is 59.3 Å². The van der Waals surface area contributed by atoms with Crippen LogP contribution in [0.4, 0.5) is 19.2 Å². The monoisotopic (exact) mass is 484 g/mol. The van der Waals surface area contributed by atoms with Crippen molar-refractivity contribution in [1.29, 1.82) is 0 Å². The van der Waals surface area contributed by atoms with Crippen molar-refractivity contribution in [1.82, 2.24) is 0 Å².